The molecule has 0 N–H and O–H groups in total. The van der Waals surface area contributed by atoms with Crippen molar-refractivity contribution in [2.24, 2.45) is 5.10 Å². The molecule has 162 valence electrons. The number of thioether (sulfide) groups is 1. The molecule has 0 aliphatic carbocycles. The fourth-order valence-corrected chi connectivity index (χ4v) is 4.28. The molecule has 5 nitrogen and oxygen atoms in total. The number of hydrogen-bond donors (Lipinski definition) is 0. The van der Waals surface area contributed by atoms with Gasteiger partial charge in [-0.25, -0.2) is 0 Å². The van der Waals surface area contributed by atoms with Crippen molar-refractivity contribution in [1.82, 2.24) is 14.9 Å². The van der Waals surface area contributed by atoms with Crippen LogP contribution in [0.25, 0.3) is 0 Å². The van der Waals surface area contributed by atoms with Crippen molar-refractivity contribution in [1.29, 1.82) is 0 Å². The predicted octanol–water partition coefficient (Wildman–Crippen LogP) is 6.76. The summed E-state index contributed by atoms with van der Waals surface area (Å²) in [5.41, 5.74) is 3.08. The van der Waals surface area contributed by atoms with Gasteiger partial charge < -0.3 is 4.74 Å². The molecular formula is C24H20BrClN4OS. The van der Waals surface area contributed by atoms with Gasteiger partial charge in [-0.2, -0.15) is 9.78 Å². The van der Waals surface area contributed by atoms with E-state index in [-0.39, 0.29) is 0 Å². The third-order valence-corrected chi connectivity index (χ3v) is 6.32. The minimum absolute atomic E-state index is 0.422. The Morgan fingerprint density at radius 3 is 2.66 bits per heavy atom. The first kappa shape index (κ1) is 22.6. The first-order valence-electron chi connectivity index (χ1n) is 9.88. The molecule has 0 saturated carbocycles. The molecule has 0 spiro atoms. The number of benzene rings is 3. The van der Waals surface area contributed by atoms with Crippen LogP contribution in [0.3, 0.4) is 0 Å². The van der Waals surface area contributed by atoms with Gasteiger partial charge in [0.25, 0.3) is 0 Å². The van der Waals surface area contributed by atoms with E-state index in [1.165, 1.54) is 5.56 Å². The van der Waals surface area contributed by atoms with Gasteiger partial charge in [0.15, 0.2) is 5.82 Å². The molecule has 0 amide bonds. The molecule has 0 fully saturated rings. The molecule has 1 heterocycles. The predicted molar refractivity (Wildman–Crippen MR) is 134 cm³/mol. The Morgan fingerprint density at radius 2 is 1.84 bits per heavy atom. The van der Waals surface area contributed by atoms with Gasteiger partial charge in [-0.15, -0.1) is 10.2 Å². The lowest BCUT2D eigenvalue weighted by Crippen LogP contribution is -2.00. The van der Waals surface area contributed by atoms with Gasteiger partial charge in [0, 0.05) is 20.8 Å². The van der Waals surface area contributed by atoms with Gasteiger partial charge in [0.1, 0.15) is 12.4 Å². The number of halogens is 2. The summed E-state index contributed by atoms with van der Waals surface area (Å²) in [6.07, 6.45) is 1.77. The summed E-state index contributed by atoms with van der Waals surface area (Å²) in [5.74, 6) is 2.24. The van der Waals surface area contributed by atoms with E-state index in [2.05, 4.69) is 43.4 Å². The molecule has 0 saturated heterocycles. The Hall–Kier alpha value is -2.61. The van der Waals surface area contributed by atoms with Crippen molar-refractivity contribution in [3.63, 3.8) is 0 Å². The van der Waals surface area contributed by atoms with Crippen LogP contribution >= 0.6 is 39.3 Å². The number of aromatic nitrogens is 3. The molecule has 4 rings (SSSR count). The Kier molecular flexibility index (Phi) is 7.63. The Bertz CT molecular complexity index is 1230. The van der Waals surface area contributed by atoms with E-state index in [0.29, 0.717) is 11.6 Å². The number of hydrogen-bond acceptors (Lipinski definition) is 5. The highest BCUT2D eigenvalue weighted by Gasteiger charge is 2.10. The van der Waals surface area contributed by atoms with E-state index in [9.17, 15) is 0 Å². The number of aryl methyl sites for hydroxylation is 1. The van der Waals surface area contributed by atoms with Gasteiger partial charge in [0.05, 0.1) is 6.21 Å². The summed E-state index contributed by atoms with van der Waals surface area (Å²) in [6, 6.07) is 23.7. The van der Waals surface area contributed by atoms with Gasteiger partial charge in [-0.3, -0.25) is 0 Å². The Balaban J connectivity index is 1.47. The zero-order valence-corrected chi connectivity index (χ0v) is 20.4. The summed E-state index contributed by atoms with van der Waals surface area (Å²) in [6.45, 7) is 2.31. The maximum Gasteiger partial charge on any atom is 0.212 e. The van der Waals surface area contributed by atoms with Gasteiger partial charge in [-0.1, -0.05) is 75.7 Å². The summed E-state index contributed by atoms with van der Waals surface area (Å²) in [5, 5.41) is 14.5. The normalized spacial score (nSPS) is 11.2. The molecule has 0 aliphatic heterocycles. The van der Waals surface area contributed by atoms with Gasteiger partial charge in [0.2, 0.25) is 5.16 Å². The monoisotopic (exact) mass is 526 g/mol. The van der Waals surface area contributed by atoms with Crippen LogP contribution in [-0.2, 0) is 12.4 Å². The molecule has 1 aromatic heterocycles. The van der Waals surface area contributed by atoms with Crippen LogP contribution in [0, 0.1) is 6.92 Å². The standard InChI is InChI=1S/C24H20BrClN4OS/c1-17-28-29-24(32-16-18-9-11-21(25)12-10-18)30(17)27-14-20-6-2-3-8-23(20)31-15-19-5-4-7-22(26)13-19/h2-14H,15-16H2,1H3/b27-14+. The topological polar surface area (TPSA) is 52.3 Å². The first-order chi connectivity index (χ1) is 15.6. The molecule has 32 heavy (non-hydrogen) atoms. The van der Waals surface area contributed by atoms with Crippen LogP contribution in [0.1, 0.15) is 22.5 Å². The van der Waals surface area contributed by atoms with E-state index in [4.69, 9.17) is 16.3 Å². The lowest BCUT2D eigenvalue weighted by atomic mass is 10.2. The second kappa shape index (κ2) is 10.8. The van der Waals surface area contributed by atoms with E-state index >= 15 is 0 Å². The first-order valence-corrected chi connectivity index (χ1v) is 12.0. The molecule has 3 aromatic carbocycles. The van der Waals surface area contributed by atoms with Crippen molar-refractivity contribution in [2.75, 3.05) is 0 Å². The van der Waals surface area contributed by atoms with Crippen molar-refractivity contribution in [2.45, 2.75) is 24.4 Å². The van der Waals surface area contributed by atoms with Crippen molar-refractivity contribution in [3.05, 3.63) is 105 Å². The van der Waals surface area contributed by atoms with Crippen LogP contribution in [0.4, 0.5) is 0 Å². The molecule has 0 atom stereocenters. The molecule has 0 unspecified atom stereocenters. The minimum Gasteiger partial charge on any atom is -0.488 e. The molecule has 0 aliphatic rings. The average molecular weight is 528 g/mol. The quantitative estimate of drug-likeness (QED) is 0.188. The third-order valence-electron chi connectivity index (χ3n) is 4.56. The van der Waals surface area contributed by atoms with E-state index in [1.54, 1.807) is 22.7 Å². The van der Waals surface area contributed by atoms with E-state index in [0.717, 1.165) is 38.1 Å². The smallest absolute Gasteiger partial charge is 0.212 e. The Labute approximate surface area is 204 Å². The van der Waals surface area contributed by atoms with Crippen LogP contribution in [0.2, 0.25) is 5.02 Å². The number of ether oxygens (including phenoxy) is 1. The maximum absolute atomic E-state index is 6.07. The van der Waals surface area contributed by atoms with E-state index in [1.807, 2.05) is 67.6 Å². The molecule has 4 aromatic rings. The van der Waals surface area contributed by atoms with Crippen LogP contribution in [0.15, 0.2) is 87.5 Å². The highest BCUT2D eigenvalue weighted by Crippen LogP contribution is 2.24. The summed E-state index contributed by atoms with van der Waals surface area (Å²) >= 11 is 11.1. The number of para-hydroxylation sites is 1. The molecule has 0 radical (unpaired) electrons. The fraction of sp³-hybridized carbons (Fsp3) is 0.125. The highest BCUT2D eigenvalue weighted by molar-refractivity contribution is 9.10. The van der Waals surface area contributed by atoms with Crippen LogP contribution in [0.5, 0.6) is 5.75 Å². The number of rotatable bonds is 8. The van der Waals surface area contributed by atoms with Gasteiger partial charge in [-0.05, 0) is 54.4 Å². The lowest BCUT2D eigenvalue weighted by molar-refractivity contribution is 0.306. The fourth-order valence-electron chi connectivity index (χ4n) is 2.92. The van der Waals surface area contributed by atoms with Crippen LogP contribution < -0.4 is 4.74 Å². The van der Waals surface area contributed by atoms with E-state index < -0.39 is 0 Å². The van der Waals surface area contributed by atoms with Crippen LogP contribution in [-0.4, -0.2) is 21.1 Å². The second-order valence-corrected chi connectivity index (χ2v) is 9.25. The molecular weight excluding hydrogens is 508 g/mol. The lowest BCUT2D eigenvalue weighted by Gasteiger charge is -2.09. The summed E-state index contributed by atoms with van der Waals surface area (Å²) < 4.78 is 8.83. The zero-order valence-electron chi connectivity index (χ0n) is 17.3. The largest absolute Gasteiger partial charge is 0.488 e. The Morgan fingerprint density at radius 1 is 1.03 bits per heavy atom. The highest BCUT2D eigenvalue weighted by atomic mass is 79.9. The zero-order chi connectivity index (χ0) is 22.3. The SMILES string of the molecule is Cc1nnc(SCc2ccc(Br)cc2)n1/N=C/c1ccccc1OCc1cccc(Cl)c1. The average Bonchev–Trinajstić information content (AvgIpc) is 3.16. The second-order valence-electron chi connectivity index (χ2n) is 6.96. The summed E-state index contributed by atoms with van der Waals surface area (Å²) in [7, 11) is 0. The third kappa shape index (κ3) is 6.00. The maximum atomic E-state index is 6.07. The van der Waals surface area contributed by atoms with Crippen molar-refractivity contribution >= 4 is 45.5 Å². The number of nitrogens with zero attached hydrogens (tertiary/aromatic N) is 4. The van der Waals surface area contributed by atoms with Crippen molar-refractivity contribution < 1.29 is 4.74 Å². The van der Waals surface area contributed by atoms with Crippen molar-refractivity contribution in [3.8, 4) is 5.75 Å². The van der Waals surface area contributed by atoms with Gasteiger partial charge >= 0.3 is 0 Å². The molecule has 8 heteroatoms. The minimum atomic E-state index is 0.422. The summed E-state index contributed by atoms with van der Waals surface area (Å²) in [4.78, 5) is 0. The molecule has 0 bridgehead atoms.